The van der Waals surface area contributed by atoms with Crippen molar-refractivity contribution in [2.24, 2.45) is 0 Å². The number of carbonyl (C=O) groups is 2. The molecule has 0 atom stereocenters. The summed E-state index contributed by atoms with van der Waals surface area (Å²) in [7, 11) is 0. The molecule has 0 unspecified atom stereocenters. The molecule has 2 aliphatic rings. The number of fused-ring (bicyclic) bond motifs is 2. The Balaban J connectivity index is 0.000000384. The Bertz CT molecular complexity index is 1350. The number of ketones is 1. The molecule has 190 valence electrons. The van der Waals surface area contributed by atoms with Crippen molar-refractivity contribution in [3.63, 3.8) is 0 Å². The van der Waals surface area contributed by atoms with Gasteiger partial charge in [-0.15, -0.1) is 0 Å². The molecule has 0 aliphatic carbocycles. The average molecular weight is 524 g/mol. The van der Waals surface area contributed by atoms with Crippen LogP contribution in [0, 0.1) is 0 Å². The van der Waals surface area contributed by atoms with E-state index >= 15 is 0 Å². The minimum Gasteiger partial charge on any atom is -0.507 e. The molecule has 2 aliphatic heterocycles. The minimum atomic E-state index is -5.08. The second-order valence-corrected chi connectivity index (χ2v) is 8.58. The van der Waals surface area contributed by atoms with Crippen LogP contribution in [-0.2, 0) is 11.3 Å². The van der Waals surface area contributed by atoms with E-state index in [1.807, 2.05) is 24.4 Å². The van der Waals surface area contributed by atoms with Gasteiger partial charge >= 0.3 is 12.1 Å². The van der Waals surface area contributed by atoms with Gasteiger partial charge in [0.15, 0.2) is 5.76 Å². The van der Waals surface area contributed by atoms with Crippen LogP contribution in [0.5, 0.6) is 11.5 Å². The average Bonchev–Trinajstić information content (AvgIpc) is 3.37. The van der Waals surface area contributed by atoms with Crippen LogP contribution in [0.25, 0.3) is 17.0 Å². The van der Waals surface area contributed by atoms with Crippen LogP contribution in [-0.4, -0.2) is 64.2 Å². The highest BCUT2D eigenvalue weighted by Crippen LogP contribution is 2.40. The number of ether oxygens (including phenoxy) is 1. The standard InChI is InChI=1S/C22H20ClN3O3.C2HF3O2/c23-14-1-3-18-16(10-14)13(11-25-18)9-20-21(28)15-2-4-19(27)17(22(15)29-20)12-26-7-5-24-6-8-26;3-2(4,5)1(6)7/h1-4,9-11,24-25,27H,5-8,12H2;(H,6,7)/b20-9-;. The Morgan fingerprint density at radius 1 is 1.19 bits per heavy atom. The highest BCUT2D eigenvalue weighted by atomic mass is 35.5. The van der Waals surface area contributed by atoms with Gasteiger partial charge in [-0.3, -0.25) is 9.69 Å². The first-order valence-electron chi connectivity index (χ1n) is 10.8. The lowest BCUT2D eigenvalue weighted by atomic mass is 10.0. The SMILES string of the molecule is O=C(O)C(F)(F)F.O=C1/C(=C/c2c[nH]c3ccc(Cl)cc23)Oc2c1ccc(O)c2CN1CCNCC1. The van der Waals surface area contributed by atoms with Crippen molar-refractivity contribution in [2.75, 3.05) is 26.2 Å². The molecule has 0 spiro atoms. The maximum atomic E-state index is 12.9. The number of aliphatic carboxylic acids is 1. The normalized spacial score (nSPS) is 17.0. The first kappa shape index (κ1) is 25.5. The molecule has 1 saturated heterocycles. The molecular formula is C24H21ClF3N3O5. The topological polar surface area (TPSA) is 115 Å². The number of benzene rings is 2. The molecular weight excluding hydrogens is 503 g/mol. The van der Waals surface area contributed by atoms with Crippen molar-refractivity contribution < 1.29 is 37.7 Å². The summed E-state index contributed by atoms with van der Waals surface area (Å²) in [4.78, 5) is 27.3. The predicted molar refractivity (Wildman–Crippen MR) is 126 cm³/mol. The quantitative estimate of drug-likeness (QED) is 0.381. The number of rotatable bonds is 3. The van der Waals surface area contributed by atoms with Crippen LogP contribution in [0.4, 0.5) is 13.2 Å². The first-order valence-corrected chi connectivity index (χ1v) is 11.2. The Hall–Kier alpha value is -3.54. The van der Waals surface area contributed by atoms with Crippen molar-refractivity contribution in [2.45, 2.75) is 12.7 Å². The van der Waals surface area contributed by atoms with Crippen LogP contribution in [0.3, 0.4) is 0 Å². The van der Waals surface area contributed by atoms with Gasteiger partial charge in [-0.25, -0.2) is 4.79 Å². The highest BCUT2D eigenvalue weighted by molar-refractivity contribution is 6.31. The maximum absolute atomic E-state index is 12.9. The zero-order valence-electron chi connectivity index (χ0n) is 18.7. The number of nitrogens with zero attached hydrogens (tertiary/aromatic N) is 1. The third-order valence-electron chi connectivity index (χ3n) is 5.71. The number of piperazine rings is 1. The molecule has 12 heteroatoms. The fourth-order valence-electron chi connectivity index (χ4n) is 3.92. The van der Waals surface area contributed by atoms with Crippen molar-refractivity contribution in [1.29, 1.82) is 0 Å². The van der Waals surface area contributed by atoms with Gasteiger partial charge in [0.1, 0.15) is 11.5 Å². The summed E-state index contributed by atoms with van der Waals surface area (Å²) in [5.74, 6) is -2.09. The van der Waals surface area contributed by atoms with Crippen LogP contribution in [0.2, 0.25) is 5.02 Å². The number of aromatic amines is 1. The number of hydrogen-bond donors (Lipinski definition) is 4. The number of hydrogen-bond acceptors (Lipinski definition) is 6. The number of aromatic hydroxyl groups is 1. The summed E-state index contributed by atoms with van der Waals surface area (Å²) < 4.78 is 37.7. The van der Waals surface area contributed by atoms with Gasteiger partial charge in [0.25, 0.3) is 0 Å². The van der Waals surface area contributed by atoms with E-state index in [4.69, 9.17) is 26.2 Å². The number of allylic oxidation sites excluding steroid dienone is 1. The van der Waals surface area contributed by atoms with E-state index in [2.05, 4.69) is 15.2 Å². The van der Waals surface area contributed by atoms with E-state index in [0.29, 0.717) is 28.4 Å². The molecule has 0 radical (unpaired) electrons. The number of Topliss-reactive ketones (excluding diaryl/α,β-unsaturated/α-hetero) is 1. The van der Waals surface area contributed by atoms with Crippen molar-refractivity contribution in [1.82, 2.24) is 15.2 Å². The summed E-state index contributed by atoms with van der Waals surface area (Å²) in [5, 5.41) is 22.4. The number of aromatic nitrogens is 1. The van der Waals surface area contributed by atoms with E-state index in [1.54, 1.807) is 18.2 Å². The number of H-pyrrole nitrogens is 1. The van der Waals surface area contributed by atoms with Crippen molar-refractivity contribution in [3.8, 4) is 11.5 Å². The van der Waals surface area contributed by atoms with Crippen LogP contribution in [0.15, 0.2) is 42.3 Å². The van der Waals surface area contributed by atoms with E-state index in [0.717, 1.165) is 42.6 Å². The second-order valence-electron chi connectivity index (χ2n) is 8.14. The number of nitrogens with one attached hydrogen (secondary N) is 2. The molecule has 5 rings (SSSR count). The van der Waals surface area contributed by atoms with E-state index in [1.165, 1.54) is 0 Å². The molecule has 1 aromatic heterocycles. The summed E-state index contributed by atoms with van der Waals surface area (Å²) in [5.41, 5.74) is 2.90. The summed E-state index contributed by atoms with van der Waals surface area (Å²) in [6, 6.07) is 8.77. The van der Waals surface area contributed by atoms with Crippen LogP contribution < -0.4 is 10.1 Å². The molecule has 0 bridgehead atoms. The molecule has 2 aromatic carbocycles. The molecule has 4 N–H and O–H groups in total. The fourth-order valence-corrected chi connectivity index (χ4v) is 4.09. The molecule has 3 aromatic rings. The number of carbonyl (C=O) groups excluding carboxylic acids is 1. The van der Waals surface area contributed by atoms with Gasteiger partial charge in [0.2, 0.25) is 5.78 Å². The van der Waals surface area contributed by atoms with E-state index < -0.39 is 12.1 Å². The number of carboxylic acid groups (broad SMARTS) is 1. The molecule has 0 amide bonds. The van der Waals surface area contributed by atoms with E-state index in [9.17, 15) is 23.1 Å². The third kappa shape index (κ3) is 5.48. The lowest BCUT2D eigenvalue weighted by Gasteiger charge is -2.27. The third-order valence-corrected chi connectivity index (χ3v) is 5.95. The molecule has 36 heavy (non-hydrogen) atoms. The smallest absolute Gasteiger partial charge is 0.490 e. The highest BCUT2D eigenvalue weighted by Gasteiger charge is 2.38. The van der Waals surface area contributed by atoms with Crippen molar-refractivity contribution >= 4 is 40.3 Å². The summed E-state index contributed by atoms with van der Waals surface area (Å²) in [6.45, 7) is 4.12. The number of alkyl halides is 3. The first-order chi connectivity index (χ1) is 17.0. The molecule has 3 heterocycles. The Morgan fingerprint density at radius 2 is 1.89 bits per heavy atom. The zero-order chi connectivity index (χ0) is 26.0. The van der Waals surface area contributed by atoms with Gasteiger partial charge in [-0.2, -0.15) is 13.2 Å². The van der Waals surface area contributed by atoms with Crippen LogP contribution in [0.1, 0.15) is 21.5 Å². The molecule has 0 saturated carbocycles. The lowest BCUT2D eigenvalue weighted by Crippen LogP contribution is -2.42. The largest absolute Gasteiger partial charge is 0.507 e. The predicted octanol–water partition coefficient (Wildman–Crippen LogP) is 4.18. The van der Waals surface area contributed by atoms with Crippen LogP contribution >= 0.6 is 11.6 Å². The lowest BCUT2D eigenvalue weighted by molar-refractivity contribution is -0.192. The second kappa shape index (κ2) is 10.2. The maximum Gasteiger partial charge on any atom is 0.490 e. The Morgan fingerprint density at radius 3 is 2.56 bits per heavy atom. The van der Waals surface area contributed by atoms with Crippen molar-refractivity contribution in [3.05, 3.63) is 64.0 Å². The number of carboxylic acids is 1. The van der Waals surface area contributed by atoms with Gasteiger partial charge in [-0.1, -0.05) is 11.6 Å². The van der Waals surface area contributed by atoms with E-state index in [-0.39, 0.29) is 17.3 Å². The number of phenols is 1. The van der Waals surface area contributed by atoms with Gasteiger partial charge in [0, 0.05) is 60.4 Å². The van der Waals surface area contributed by atoms with Gasteiger partial charge in [0.05, 0.1) is 11.1 Å². The van der Waals surface area contributed by atoms with Gasteiger partial charge < -0.3 is 25.3 Å². The summed E-state index contributed by atoms with van der Waals surface area (Å²) >= 11 is 6.13. The zero-order valence-corrected chi connectivity index (χ0v) is 19.4. The van der Waals surface area contributed by atoms with Gasteiger partial charge in [-0.05, 0) is 36.4 Å². The Labute approximate surface area is 207 Å². The molecule has 1 fully saturated rings. The Kier molecular flexibility index (Phi) is 7.25. The minimum absolute atomic E-state index is 0.148. The monoisotopic (exact) mass is 523 g/mol. The number of halogens is 4. The molecule has 8 nitrogen and oxygen atoms in total. The fraction of sp³-hybridized carbons (Fsp3) is 0.250. The summed E-state index contributed by atoms with van der Waals surface area (Å²) in [6.07, 6.45) is -1.53. The number of phenolic OH excluding ortho intramolecular Hbond substituents is 1.